The third-order valence-electron chi connectivity index (χ3n) is 2.74. The van der Waals surface area contributed by atoms with Crippen LogP contribution in [0.25, 0.3) is 10.1 Å². The topological polar surface area (TPSA) is 66.4 Å². The number of thiophene rings is 1. The van der Waals surface area contributed by atoms with Crippen molar-refractivity contribution < 1.29 is 14.7 Å². The monoisotopic (exact) mass is 309 g/mol. The SMILES string of the molecule is O=C(O)CSCC(=O)NCCc1csc2ccccc12. The first-order valence-electron chi connectivity index (χ1n) is 6.18. The van der Waals surface area contributed by atoms with E-state index < -0.39 is 5.97 Å². The third-order valence-corrected chi connectivity index (χ3v) is 4.67. The van der Waals surface area contributed by atoms with E-state index in [0.717, 1.165) is 18.2 Å². The Kier molecular flexibility index (Phi) is 5.43. The molecule has 0 unspecified atom stereocenters. The summed E-state index contributed by atoms with van der Waals surface area (Å²) in [5.74, 6) is -0.859. The van der Waals surface area contributed by atoms with E-state index in [1.807, 2.05) is 12.1 Å². The number of benzene rings is 1. The minimum absolute atomic E-state index is 0.0391. The Bertz CT molecular complexity index is 609. The van der Waals surface area contributed by atoms with Crippen molar-refractivity contribution in [1.29, 1.82) is 0 Å². The van der Waals surface area contributed by atoms with Crippen molar-refractivity contribution >= 4 is 45.1 Å². The Hall–Kier alpha value is -1.53. The van der Waals surface area contributed by atoms with Crippen LogP contribution in [0.5, 0.6) is 0 Å². The summed E-state index contributed by atoms with van der Waals surface area (Å²) in [5, 5.41) is 14.7. The average Bonchev–Trinajstić information content (AvgIpc) is 2.82. The maximum atomic E-state index is 11.5. The van der Waals surface area contributed by atoms with E-state index in [1.54, 1.807) is 11.3 Å². The highest BCUT2D eigenvalue weighted by molar-refractivity contribution is 8.00. The Morgan fingerprint density at radius 3 is 2.85 bits per heavy atom. The molecule has 0 aliphatic carbocycles. The zero-order valence-electron chi connectivity index (χ0n) is 10.8. The number of nitrogens with one attached hydrogen (secondary N) is 1. The van der Waals surface area contributed by atoms with Crippen molar-refractivity contribution in [2.45, 2.75) is 6.42 Å². The summed E-state index contributed by atoms with van der Waals surface area (Å²) in [6, 6.07) is 8.21. The Morgan fingerprint density at radius 2 is 2.05 bits per heavy atom. The van der Waals surface area contributed by atoms with Gasteiger partial charge in [0, 0.05) is 11.2 Å². The Balaban J connectivity index is 1.75. The van der Waals surface area contributed by atoms with Crippen molar-refractivity contribution in [3.63, 3.8) is 0 Å². The lowest BCUT2D eigenvalue weighted by atomic mass is 10.1. The smallest absolute Gasteiger partial charge is 0.313 e. The predicted molar refractivity (Wildman–Crippen MR) is 83.5 cm³/mol. The fourth-order valence-electron chi connectivity index (χ4n) is 1.85. The van der Waals surface area contributed by atoms with Crippen LogP contribution >= 0.6 is 23.1 Å². The summed E-state index contributed by atoms with van der Waals surface area (Å²) in [6.07, 6.45) is 0.791. The van der Waals surface area contributed by atoms with Gasteiger partial charge in [-0.1, -0.05) is 18.2 Å². The van der Waals surface area contributed by atoms with E-state index in [-0.39, 0.29) is 17.4 Å². The van der Waals surface area contributed by atoms with Crippen LogP contribution in [0.4, 0.5) is 0 Å². The number of carboxylic acid groups (broad SMARTS) is 1. The molecule has 2 N–H and O–H groups in total. The van der Waals surface area contributed by atoms with Gasteiger partial charge in [0.25, 0.3) is 0 Å². The highest BCUT2D eigenvalue weighted by Crippen LogP contribution is 2.25. The number of hydrogen-bond donors (Lipinski definition) is 2. The first kappa shape index (κ1) is 14.9. The molecule has 0 saturated carbocycles. The van der Waals surface area contributed by atoms with Crippen molar-refractivity contribution in [3.8, 4) is 0 Å². The summed E-state index contributed by atoms with van der Waals surface area (Å²) >= 11 is 2.82. The lowest BCUT2D eigenvalue weighted by Crippen LogP contribution is -2.27. The van der Waals surface area contributed by atoms with Crippen molar-refractivity contribution in [2.24, 2.45) is 0 Å². The van der Waals surface area contributed by atoms with E-state index in [9.17, 15) is 9.59 Å². The highest BCUT2D eigenvalue weighted by Gasteiger charge is 2.06. The second kappa shape index (κ2) is 7.31. The molecule has 106 valence electrons. The van der Waals surface area contributed by atoms with E-state index in [1.165, 1.54) is 15.6 Å². The molecule has 6 heteroatoms. The fourth-order valence-corrected chi connectivity index (χ4v) is 3.41. The molecule has 1 aromatic carbocycles. The van der Waals surface area contributed by atoms with Crippen LogP contribution in [-0.4, -0.2) is 35.0 Å². The lowest BCUT2D eigenvalue weighted by molar-refractivity contribution is -0.133. The largest absolute Gasteiger partial charge is 0.481 e. The first-order valence-corrected chi connectivity index (χ1v) is 8.21. The molecule has 1 aromatic heterocycles. The van der Waals surface area contributed by atoms with Gasteiger partial charge in [0.05, 0.1) is 11.5 Å². The molecule has 4 nitrogen and oxygen atoms in total. The predicted octanol–water partition coefficient (Wildman–Crippen LogP) is 2.38. The van der Waals surface area contributed by atoms with Gasteiger partial charge in [0.2, 0.25) is 5.91 Å². The quantitative estimate of drug-likeness (QED) is 0.824. The van der Waals surface area contributed by atoms with Gasteiger partial charge in [-0.25, -0.2) is 0 Å². The third kappa shape index (κ3) is 4.25. The molecular formula is C14H15NO3S2. The molecule has 1 heterocycles. The zero-order chi connectivity index (χ0) is 14.4. The number of amides is 1. The van der Waals surface area contributed by atoms with Gasteiger partial charge in [-0.05, 0) is 28.8 Å². The first-order chi connectivity index (χ1) is 9.66. The average molecular weight is 309 g/mol. The molecule has 0 bridgehead atoms. The number of carboxylic acids is 1. The van der Waals surface area contributed by atoms with Crippen LogP contribution in [0.1, 0.15) is 5.56 Å². The molecule has 2 aromatic rings. The van der Waals surface area contributed by atoms with Crippen LogP contribution in [0, 0.1) is 0 Å². The molecule has 2 rings (SSSR count). The number of fused-ring (bicyclic) bond motifs is 1. The number of carbonyl (C=O) groups excluding carboxylic acids is 1. The zero-order valence-corrected chi connectivity index (χ0v) is 12.4. The maximum absolute atomic E-state index is 11.5. The summed E-state index contributed by atoms with van der Waals surface area (Å²) in [7, 11) is 0. The Labute approximate surface area is 125 Å². The van der Waals surface area contributed by atoms with E-state index in [4.69, 9.17) is 5.11 Å². The second-order valence-electron chi connectivity index (χ2n) is 4.24. The molecule has 0 spiro atoms. The van der Waals surface area contributed by atoms with Crippen molar-refractivity contribution in [2.75, 3.05) is 18.1 Å². The van der Waals surface area contributed by atoms with Gasteiger partial charge in [0.1, 0.15) is 0 Å². The molecule has 0 aliphatic heterocycles. The normalized spacial score (nSPS) is 10.6. The molecule has 0 saturated heterocycles. The molecule has 1 amide bonds. The molecule has 0 radical (unpaired) electrons. The number of aliphatic carboxylic acids is 1. The minimum atomic E-state index is -0.896. The van der Waals surface area contributed by atoms with Gasteiger partial charge < -0.3 is 10.4 Å². The summed E-state index contributed by atoms with van der Waals surface area (Å²) in [6.45, 7) is 0.577. The van der Waals surface area contributed by atoms with Crippen LogP contribution in [-0.2, 0) is 16.0 Å². The maximum Gasteiger partial charge on any atom is 0.313 e. The second-order valence-corrected chi connectivity index (χ2v) is 6.14. The summed E-state index contributed by atoms with van der Waals surface area (Å²) < 4.78 is 1.26. The lowest BCUT2D eigenvalue weighted by Gasteiger charge is -2.04. The Morgan fingerprint density at radius 1 is 1.25 bits per heavy atom. The summed E-state index contributed by atoms with van der Waals surface area (Å²) in [5.41, 5.74) is 1.24. The number of hydrogen-bond acceptors (Lipinski definition) is 4. The van der Waals surface area contributed by atoms with E-state index in [2.05, 4.69) is 22.8 Å². The van der Waals surface area contributed by atoms with Gasteiger partial charge in [0.15, 0.2) is 0 Å². The fraction of sp³-hybridized carbons (Fsp3) is 0.286. The van der Waals surface area contributed by atoms with Crippen LogP contribution < -0.4 is 5.32 Å². The summed E-state index contributed by atoms with van der Waals surface area (Å²) in [4.78, 5) is 21.8. The number of rotatable bonds is 7. The van der Waals surface area contributed by atoms with E-state index >= 15 is 0 Å². The van der Waals surface area contributed by atoms with Gasteiger partial charge in [-0.3, -0.25) is 9.59 Å². The van der Waals surface area contributed by atoms with E-state index in [0.29, 0.717) is 6.54 Å². The minimum Gasteiger partial charge on any atom is -0.481 e. The van der Waals surface area contributed by atoms with Crippen LogP contribution in [0.3, 0.4) is 0 Å². The van der Waals surface area contributed by atoms with Gasteiger partial charge in [-0.15, -0.1) is 23.1 Å². The molecule has 0 atom stereocenters. The van der Waals surface area contributed by atoms with Crippen molar-refractivity contribution in [3.05, 3.63) is 35.2 Å². The van der Waals surface area contributed by atoms with Crippen LogP contribution in [0.2, 0.25) is 0 Å². The standard InChI is InChI=1S/C14H15NO3S2/c16-13(8-19-9-14(17)18)15-6-5-10-7-20-12-4-2-1-3-11(10)12/h1-4,7H,5-6,8-9H2,(H,15,16)(H,17,18). The highest BCUT2D eigenvalue weighted by atomic mass is 32.2. The number of carbonyl (C=O) groups is 2. The molecular weight excluding hydrogens is 294 g/mol. The molecule has 20 heavy (non-hydrogen) atoms. The van der Waals surface area contributed by atoms with Gasteiger partial charge >= 0.3 is 5.97 Å². The molecule has 0 fully saturated rings. The van der Waals surface area contributed by atoms with Crippen molar-refractivity contribution in [1.82, 2.24) is 5.32 Å². The molecule has 0 aliphatic rings. The van der Waals surface area contributed by atoms with Gasteiger partial charge in [-0.2, -0.15) is 0 Å². The van der Waals surface area contributed by atoms with Crippen LogP contribution in [0.15, 0.2) is 29.6 Å². The number of thioether (sulfide) groups is 1.